The predicted octanol–water partition coefficient (Wildman–Crippen LogP) is 2.38. The maximum atomic E-state index is 12.0. The second-order valence-electron chi connectivity index (χ2n) is 5.76. The van der Waals surface area contributed by atoms with Gasteiger partial charge in [-0.1, -0.05) is 18.7 Å². The average Bonchev–Trinajstić information content (AvgIpc) is 3.34. The fourth-order valence-electron chi connectivity index (χ4n) is 2.26. The minimum absolute atomic E-state index is 0.125. The minimum Gasteiger partial charge on any atom is -0.323 e. The topological polar surface area (TPSA) is 99.8 Å². The summed E-state index contributed by atoms with van der Waals surface area (Å²) in [7, 11) is 0. The van der Waals surface area contributed by atoms with Gasteiger partial charge in [0.1, 0.15) is 5.82 Å². The summed E-state index contributed by atoms with van der Waals surface area (Å²) in [5, 5.41) is 12.2. The fourth-order valence-corrected chi connectivity index (χ4v) is 2.26. The number of aromatic nitrogens is 3. The van der Waals surface area contributed by atoms with Crippen molar-refractivity contribution in [3.05, 3.63) is 48.3 Å². The van der Waals surface area contributed by atoms with Crippen LogP contribution in [-0.2, 0) is 16.0 Å². The summed E-state index contributed by atoms with van der Waals surface area (Å²) in [6, 6.07) is 7.35. The molecule has 0 atom stereocenters. The molecule has 0 bridgehead atoms. The van der Waals surface area contributed by atoms with E-state index in [0.717, 1.165) is 24.2 Å². The number of amides is 2. The van der Waals surface area contributed by atoms with Crippen molar-refractivity contribution in [3.63, 3.8) is 0 Å². The number of hydrogen-bond acceptors (Lipinski definition) is 4. The van der Waals surface area contributed by atoms with Crippen LogP contribution in [-0.4, -0.2) is 27.0 Å². The van der Waals surface area contributed by atoms with Gasteiger partial charge in [0.05, 0.1) is 0 Å². The molecule has 2 aromatic rings. The molecule has 3 rings (SSSR count). The summed E-state index contributed by atoms with van der Waals surface area (Å²) in [6.45, 7) is 3.40. The molecule has 1 fully saturated rings. The molecule has 0 saturated heterocycles. The normalized spacial score (nSPS) is 13.3. The van der Waals surface area contributed by atoms with Crippen molar-refractivity contribution in [2.45, 2.75) is 31.6 Å². The monoisotopic (exact) mass is 325 g/mol. The molecule has 0 radical (unpaired) electrons. The van der Waals surface area contributed by atoms with Crippen molar-refractivity contribution in [1.82, 2.24) is 15.2 Å². The second-order valence-corrected chi connectivity index (χ2v) is 5.76. The molecule has 2 amide bonds. The largest absolute Gasteiger partial charge is 0.323 e. The van der Waals surface area contributed by atoms with E-state index in [1.165, 1.54) is 6.08 Å². The van der Waals surface area contributed by atoms with E-state index in [-0.39, 0.29) is 11.8 Å². The summed E-state index contributed by atoms with van der Waals surface area (Å²) in [5.41, 5.74) is 1.71. The number of benzene rings is 1. The lowest BCUT2D eigenvalue weighted by Gasteiger charge is -2.05. The Bertz CT molecular complexity index is 747. The van der Waals surface area contributed by atoms with Gasteiger partial charge in [0.15, 0.2) is 0 Å². The first-order chi connectivity index (χ1) is 11.6. The highest BCUT2D eigenvalue weighted by Gasteiger charge is 2.27. The van der Waals surface area contributed by atoms with Crippen LogP contribution in [0.25, 0.3) is 0 Å². The van der Waals surface area contributed by atoms with Crippen LogP contribution < -0.4 is 10.6 Å². The standard InChI is InChI=1S/C17H19N5O2/c1-2-14(23)18-13-8-3-11(4-9-13)5-10-15(24)19-17-20-16(21-22-17)12-6-7-12/h2-4,8-9,12H,1,5-7,10H2,(H,18,23)(H2,19,20,21,22,24). The third-order valence-corrected chi connectivity index (χ3v) is 3.77. The van der Waals surface area contributed by atoms with E-state index in [4.69, 9.17) is 0 Å². The molecule has 0 spiro atoms. The quantitative estimate of drug-likeness (QED) is 0.680. The van der Waals surface area contributed by atoms with Crippen LogP contribution in [0.1, 0.15) is 36.6 Å². The second kappa shape index (κ2) is 7.08. The molecular weight excluding hydrogens is 306 g/mol. The van der Waals surface area contributed by atoms with Crippen LogP contribution in [0.5, 0.6) is 0 Å². The number of nitrogens with zero attached hydrogens (tertiary/aromatic N) is 2. The van der Waals surface area contributed by atoms with Gasteiger partial charge in [-0.15, -0.1) is 5.10 Å². The number of aryl methyl sites for hydroxylation is 1. The van der Waals surface area contributed by atoms with E-state index < -0.39 is 0 Å². The zero-order valence-corrected chi connectivity index (χ0v) is 13.2. The lowest BCUT2D eigenvalue weighted by Crippen LogP contribution is -2.13. The molecule has 24 heavy (non-hydrogen) atoms. The minimum atomic E-state index is -0.251. The van der Waals surface area contributed by atoms with Crippen LogP contribution in [0.2, 0.25) is 0 Å². The zero-order chi connectivity index (χ0) is 16.9. The molecule has 7 heteroatoms. The lowest BCUT2D eigenvalue weighted by molar-refractivity contribution is -0.116. The Labute approximate surface area is 139 Å². The van der Waals surface area contributed by atoms with Crippen molar-refractivity contribution in [2.24, 2.45) is 0 Å². The number of H-pyrrole nitrogens is 1. The third kappa shape index (κ3) is 4.28. The van der Waals surface area contributed by atoms with Crippen LogP contribution in [0.15, 0.2) is 36.9 Å². The Morgan fingerprint density at radius 2 is 2.00 bits per heavy atom. The molecular formula is C17H19N5O2. The molecule has 1 aliphatic rings. The number of anilines is 2. The fraction of sp³-hybridized carbons (Fsp3) is 0.294. The molecule has 1 aromatic heterocycles. The van der Waals surface area contributed by atoms with Crippen LogP contribution in [0.4, 0.5) is 11.6 Å². The van der Waals surface area contributed by atoms with Crippen molar-refractivity contribution in [3.8, 4) is 0 Å². The van der Waals surface area contributed by atoms with Gasteiger partial charge in [-0.05, 0) is 43.0 Å². The first-order valence-corrected chi connectivity index (χ1v) is 7.88. The number of rotatable bonds is 7. The Kier molecular flexibility index (Phi) is 4.69. The van der Waals surface area contributed by atoms with Gasteiger partial charge in [0, 0.05) is 18.0 Å². The van der Waals surface area contributed by atoms with E-state index in [1.807, 2.05) is 12.1 Å². The van der Waals surface area contributed by atoms with Crippen molar-refractivity contribution < 1.29 is 9.59 Å². The molecule has 1 heterocycles. The summed E-state index contributed by atoms with van der Waals surface area (Å²) >= 11 is 0. The average molecular weight is 325 g/mol. The van der Waals surface area contributed by atoms with Gasteiger partial charge in [-0.2, -0.15) is 4.98 Å². The van der Waals surface area contributed by atoms with Gasteiger partial charge < -0.3 is 5.32 Å². The zero-order valence-electron chi connectivity index (χ0n) is 13.2. The Balaban J connectivity index is 1.46. The first kappa shape index (κ1) is 15.9. The molecule has 1 saturated carbocycles. The summed E-state index contributed by atoms with van der Waals surface area (Å²) in [5.74, 6) is 1.29. The summed E-state index contributed by atoms with van der Waals surface area (Å²) < 4.78 is 0. The molecule has 1 aromatic carbocycles. The van der Waals surface area contributed by atoms with E-state index in [9.17, 15) is 9.59 Å². The predicted molar refractivity (Wildman–Crippen MR) is 90.6 cm³/mol. The SMILES string of the molecule is C=CC(=O)Nc1ccc(CCC(=O)Nc2n[nH]c(C3CC3)n2)cc1. The highest BCUT2D eigenvalue weighted by Crippen LogP contribution is 2.38. The first-order valence-electron chi connectivity index (χ1n) is 7.88. The Morgan fingerprint density at radius 1 is 1.25 bits per heavy atom. The van der Waals surface area contributed by atoms with Crippen molar-refractivity contribution >= 4 is 23.5 Å². The highest BCUT2D eigenvalue weighted by molar-refractivity contribution is 5.98. The lowest BCUT2D eigenvalue weighted by atomic mass is 10.1. The molecule has 3 N–H and O–H groups in total. The van der Waals surface area contributed by atoms with Gasteiger partial charge in [-0.3, -0.25) is 20.0 Å². The van der Waals surface area contributed by atoms with Gasteiger partial charge in [0.2, 0.25) is 17.8 Å². The maximum absolute atomic E-state index is 12.0. The Hall–Kier alpha value is -2.96. The van der Waals surface area contributed by atoms with Crippen LogP contribution >= 0.6 is 0 Å². The van der Waals surface area contributed by atoms with E-state index in [1.54, 1.807) is 12.1 Å². The summed E-state index contributed by atoms with van der Waals surface area (Å²) in [4.78, 5) is 27.4. The van der Waals surface area contributed by atoms with E-state index in [2.05, 4.69) is 32.4 Å². The summed E-state index contributed by atoms with van der Waals surface area (Å²) in [6.07, 6.45) is 4.42. The van der Waals surface area contributed by atoms with Crippen molar-refractivity contribution in [1.29, 1.82) is 0 Å². The third-order valence-electron chi connectivity index (χ3n) is 3.77. The molecule has 0 aliphatic heterocycles. The van der Waals surface area contributed by atoms with Crippen LogP contribution in [0, 0.1) is 0 Å². The number of carbonyl (C=O) groups is 2. The van der Waals surface area contributed by atoms with E-state index in [0.29, 0.717) is 30.4 Å². The van der Waals surface area contributed by atoms with Gasteiger partial charge in [-0.25, -0.2) is 0 Å². The molecule has 1 aliphatic carbocycles. The molecule has 0 unspecified atom stereocenters. The smallest absolute Gasteiger partial charge is 0.248 e. The number of hydrogen-bond donors (Lipinski definition) is 3. The molecule has 124 valence electrons. The molecule has 7 nitrogen and oxygen atoms in total. The Morgan fingerprint density at radius 3 is 2.67 bits per heavy atom. The number of aromatic amines is 1. The van der Waals surface area contributed by atoms with Crippen LogP contribution in [0.3, 0.4) is 0 Å². The van der Waals surface area contributed by atoms with Gasteiger partial charge >= 0.3 is 0 Å². The van der Waals surface area contributed by atoms with Gasteiger partial charge in [0.25, 0.3) is 0 Å². The number of carbonyl (C=O) groups excluding carboxylic acids is 2. The van der Waals surface area contributed by atoms with E-state index >= 15 is 0 Å². The number of nitrogens with one attached hydrogen (secondary N) is 3. The van der Waals surface area contributed by atoms with Crippen molar-refractivity contribution in [2.75, 3.05) is 10.6 Å². The maximum Gasteiger partial charge on any atom is 0.248 e. The highest BCUT2D eigenvalue weighted by atomic mass is 16.2.